The standard InChI is InChI=1S/C19H31NO2/c1-2-3-4-5-6-7-8-10-15-18(16-21)19(20-22)17-13-11-9-12-14-17/h9,11-14,18-19,21H,2-8,10,15-16H2,1H3. The van der Waals surface area contributed by atoms with E-state index >= 15 is 0 Å². The molecule has 0 saturated heterocycles. The molecule has 0 aliphatic heterocycles. The van der Waals surface area contributed by atoms with Crippen molar-refractivity contribution in [2.24, 2.45) is 11.1 Å². The van der Waals surface area contributed by atoms with Crippen molar-refractivity contribution < 1.29 is 5.11 Å². The van der Waals surface area contributed by atoms with Gasteiger partial charge in [0.15, 0.2) is 0 Å². The third-order valence-electron chi connectivity index (χ3n) is 4.36. The molecule has 0 fully saturated rings. The molecule has 2 unspecified atom stereocenters. The summed E-state index contributed by atoms with van der Waals surface area (Å²) in [5.41, 5.74) is 0.913. The molecule has 0 aromatic heterocycles. The Hall–Kier alpha value is -1.22. The molecule has 0 aliphatic carbocycles. The number of rotatable bonds is 13. The van der Waals surface area contributed by atoms with E-state index in [2.05, 4.69) is 12.1 Å². The second kappa shape index (κ2) is 12.3. The first kappa shape index (κ1) is 18.8. The summed E-state index contributed by atoms with van der Waals surface area (Å²) >= 11 is 0. The molecular weight excluding hydrogens is 274 g/mol. The van der Waals surface area contributed by atoms with Crippen LogP contribution in [-0.4, -0.2) is 11.7 Å². The smallest absolute Gasteiger partial charge is 0.122 e. The monoisotopic (exact) mass is 305 g/mol. The maximum Gasteiger partial charge on any atom is 0.122 e. The minimum Gasteiger partial charge on any atom is -0.396 e. The van der Waals surface area contributed by atoms with Gasteiger partial charge < -0.3 is 5.11 Å². The van der Waals surface area contributed by atoms with E-state index in [0.29, 0.717) is 0 Å². The van der Waals surface area contributed by atoms with Gasteiger partial charge in [-0.1, -0.05) is 93.8 Å². The zero-order chi connectivity index (χ0) is 16.0. The van der Waals surface area contributed by atoms with Crippen molar-refractivity contribution in [2.45, 2.75) is 70.8 Å². The number of hydrogen-bond acceptors (Lipinski definition) is 3. The molecule has 0 amide bonds. The van der Waals surface area contributed by atoms with Gasteiger partial charge >= 0.3 is 0 Å². The number of aliphatic hydroxyl groups is 1. The van der Waals surface area contributed by atoms with E-state index in [1.165, 1.54) is 44.9 Å². The van der Waals surface area contributed by atoms with Crippen LogP contribution in [0.2, 0.25) is 0 Å². The lowest BCUT2D eigenvalue weighted by Crippen LogP contribution is -2.15. The molecule has 0 radical (unpaired) electrons. The maximum absolute atomic E-state index is 11.2. The first-order valence-corrected chi connectivity index (χ1v) is 8.81. The first-order valence-electron chi connectivity index (χ1n) is 8.81. The molecule has 3 nitrogen and oxygen atoms in total. The van der Waals surface area contributed by atoms with Crippen molar-refractivity contribution in [3.8, 4) is 0 Å². The van der Waals surface area contributed by atoms with Gasteiger partial charge in [0, 0.05) is 12.5 Å². The number of aliphatic hydroxyl groups excluding tert-OH is 1. The van der Waals surface area contributed by atoms with E-state index in [1.54, 1.807) is 0 Å². The highest BCUT2D eigenvalue weighted by molar-refractivity contribution is 5.19. The van der Waals surface area contributed by atoms with Gasteiger partial charge in [-0.3, -0.25) is 0 Å². The summed E-state index contributed by atoms with van der Waals surface area (Å²) in [6.45, 7) is 2.26. The fraction of sp³-hybridized carbons (Fsp3) is 0.684. The molecule has 1 N–H and O–H groups in total. The fourth-order valence-electron chi connectivity index (χ4n) is 2.96. The molecule has 2 atom stereocenters. The molecule has 1 aromatic rings. The van der Waals surface area contributed by atoms with E-state index in [1.807, 2.05) is 30.3 Å². The zero-order valence-electron chi connectivity index (χ0n) is 13.9. The Bertz CT molecular complexity index is 380. The van der Waals surface area contributed by atoms with Gasteiger partial charge in [0.2, 0.25) is 0 Å². The van der Waals surface area contributed by atoms with Crippen molar-refractivity contribution in [3.63, 3.8) is 0 Å². The van der Waals surface area contributed by atoms with Gasteiger partial charge in [-0.2, -0.15) is 4.91 Å². The number of hydrogen-bond donors (Lipinski definition) is 1. The molecule has 0 heterocycles. The average molecular weight is 305 g/mol. The molecule has 0 aliphatic rings. The Labute approximate surface area is 135 Å². The number of unbranched alkanes of at least 4 members (excludes halogenated alkanes) is 7. The van der Waals surface area contributed by atoms with Crippen LogP contribution in [0, 0.1) is 10.8 Å². The number of nitroso groups, excluding NO2 is 1. The van der Waals surface area contributed by atoms with Gasteiger partial charge in [0.25, 0.3) is 0 Å². The minimum absolute atomic E-state index is 0.0296. The summed E-state index contributed by atoms with van der Waals surface area (Å²) in [5, 5.41) is 12.9. The number of nitrogens with zero attached hydrogens (tertiary/aromatic N) is 1. The van der Waals surface area contributed by atoms with Crippen LogP contribution in [0.25, 0.3) is 0 Å². The van der Waals surface area contributed by atoms with E-state index < -0.39 is 6.04 Å². The lowest BCUT2D eigenvalue weighted by molar-refractivity contribution is 0.193. The van der Waals surface area contributed by atoms with Gasteiger partial charge in [-0.05, 0) is 12.0 Å². The summed E-state index contributed by atoms with van der Waals surface area (Å²) in [6, 6.07) is 9.18. The molecule has 0 saturated carbocycles. The topological polar surface area (TPSA) is 49.7 Å². The van der Waals surface area contributed by atoms with E-state index in [9.17, 15) is 10.0 Å². The largest absolute Gasteiger partial charge is 0.396 e. The van der Waals surface area contributed by atoms with Crippen molar-refractivity contribution in [2.75, 3.05) is 6.61 Å². The van der Waals surface area contributed by atoms with Crippen LogP contribution in [0.3, 0.4) is 0 Å². The quantitative estimate of drug-likeness (QED) is 0.379. The Balaban J connectivity index is 2.27. The fourth-order valence-corrected chi connectivity index (χ4v) is 2.96. The van der Waals surface area contributed by atoms with Crippen LogP contribution >= 0.6 is 0 Å². The van der Waals surface area contributed by atoms with E-state index in [-0.39, 0.29) is 12.5 Å². The normalized spacial score (nSPS) is 13.7. The molecule has 3 heteroatoms. The molecule has 22 heavy (non-hydrogen) atoms. The summed E-state index contributed by atoms with van der Waals surface area (Å²) in [7, 11) is 0. The average Bonchev–Trinajstić information content (AvgIpc) is 2.57. The molecule has 124 valence electrons. The van der Waals surface area contributed by atoms with Gasteiger partial charge in [-0.25, -0.2) is 0 Å². The van der Waals surface area contributed by atoms with Gasteiger partial charge in [-0.15, -0.1) is 0 Å². The van der Waals surface area contributed by atoms with Crippen LogP contribution in [0.1, 0.15) is 76.3 Å². The van der Waals surface area contributed by atoms with Crippen LogP contribution < -0.4 is 0 Å². The van der Waals surface area contributed by atoms with Gasteiger partial charge in [0.1, 0.15) is 6.04 Å². The minimum atomic E-state index is -0.421. The molecular formula is C19H31NO2. The van der Waals surface area contributed by atoms with Crippen LogP contribution in [0.5, 0.6) is 0 Å². The second-order valence-electron chi connectivity index (χ2n) is 6.17. The summed E-state index contributed by atoms with van der Waals surface area (Å²) in [4.78, 5) is 11.2. The first-order chi connectivity index (χ1) is 10.8. The predicted octanol–water partition coefficient (Wildman–Crippen LogP) is 5.63. The number of benzene rings is 1. The summed E-state index contributed by atoms with van der Waals surface area (Å²) < 4.78 is 0. The highest BCUT2D eigenvalue weighted by Gasteiger charge is 2.23. The molecule has 1 rings (SSSR count). The Morgan fingerprint density at radius 1 is 0.955 bits per heavy atom. The molecule has 0 bridgehead atoms. The third-order valence-corrected chi connectivity index (χ3v) is 4.36. The Morgan fingerprint density at radius 2 is 1.55 bits per heavy atom. The van der Waals surface area contributed by atoms with Crippen LogP contribution in [0.4, 0.5) is 0 Å². The highest BCUT2D eigenvalue weighted by Crippen LogP contribution is 2.29. The zero-order valence-corrected chi connectivity index (χ0v) is 13.9. The summed E-state index contributed by atoms with van der Waals surface area (Å²) in [6.07, 6.45) is 11.0. The van der Waals surface area contributed by atoms with Gasteiger partial charge in [0.05, 0.1) is 0 Å². The van der Waals surface area contributed by atoms with Crippen LogP contribution in [-0.2, 0) is 0 Å². The molecule has 1 aromatic carbocycles. The van der Waals surface area contributed by atoms with E-state index in [0.717, 1.165) is 18.4 Å². The predicted molar refractivity (Wildman–Crippen MR) is 92.8 cm³/mol. The lowest BCUT2D eigenvalue weighted by Gasteiger charge is -2.20. The van der Waals surface area contributed by atoms with Crippen molar-refractivity contribution in [1.82, 2.24) is 0 Å². The molecule has 0 spiro atoms. The Kier molecular flexibility index (Phi) is 10.6. The van der Waals surface area contributed by atoms with Crippen LogP contribution in [0.15, 0.2) is 35.5 Å². The lowest BCUT2D eigenvalue weighted by atomic mass is 9.89. The van der Waals surface area contributed by atoms with E-state index in [4.69, 9.17) is 0 Å². The van der Waals surface area contributed by atoms with Crippen molar-refractivity contribution in [1.29, 1.82) is 0 Å². The second-order valence-corrected chi connectivity index (χ2v) is 6.17. The Morgan fingerprint density at radius 3 is 2.09 bits per heavy atom. The van der Waals surface area contributed by atoms with Crippen molar-refractivity contribution in [3.05, 3.63) is 40.8 Å². The van der Waals surface area contributed by atoms with Crippen molar-refractivity contribution >= 4 is 0 Å². The highest BCUT2D eigenvalue weighted by atomic mass is 16.3. The summed E-state index contributed by atoms with van der Waals surface area (Å²) in [5.74, 6) is -0.0556. The third kappa shape index (κ3) is 7.17. The maximum atomic E-state index is 11.2. The SMILES string of the molecule is CCCCCCCCCCC(CO)C(N=O)c1ccccc1.